The Morgan fingerprint density at radius 1 is 1.32 bits per heavy atom. The zero-order chi connectivity index (χ0) is 15.9. The highest BCUT2D eigenvalue weighted by Gasteiger charge is 2.14. The van der Waals surface area contributed by atoms with Crippen LogP contribution in [0.3, 0.4) is 0 Å². The van der Waals surface area contributed by atoms with Crippen molar-refractivity contribution < 1.29 is 14.3 Å². The molecule has 0 atom stereocenters. The van der Waals surface area contributed by atoms with Gasteiger partial charge in [-0.2, -0.15) is 0 Å². The summed E-state index contributed by atoms with van der Waals surface area (Å²) in [7, 11) is 0. The zero-order valence-corrected chi connectivity index (χ0v) is 14.8. The monoisotopic (exact) mass is 431 g/mol. The number of aryl methyl sites for hydroxylation is 1. The van der Waals surface area contributed by atoms with Crippen LogP contribution in [0.5, 0.6) is 0 Å². The minimum atomic E-state index is -0.524. The van der Waals surface area contributed by atoms with Crippen LogP contribution in [0.2, 0.25) is 0 Å². The predicted molar refractivity (Wildman–Crippen MR) is 92.0 cm³/mol. The van der Waals surface area contributed by atoms with Gasteiger partial charge in [-0.15, -0.1) is 10.2 Å². The molecule has 6 nitrogen and oxygen atoms in total. The number of amides is 1. The third kappa shape index (κ3) is 4.73. The summed E-state index contributed by atoms with van der Waals surface area (Å²) in [5, 5.41) is 11.7. The van der Waals surface area contributed by atoms with Crippen LogP contribution >= 0.6 is 33.9 Å². The number of aromatic nitrogens is 2. The van der Waals surface area contributed by atoms with Gasteiger partial charge in [0, 0.05) is 9.99 Å². The summed E-state index contributed by atoms with van der Waals surface area (Å²) in [6, 6.07) is 7.03. The molecule has 2 rings (SSSR count). The van der Waals surface area contributed by atoms with Crippen LogP contribution < -0.4 is 5.32 Å². The summed E-state index contributed by atoms with van der Waals surface area (Å²) in [5.41, 5.74) is 0.442. The summed E-state index contributed by atoms with van der Waals surface area (Å²) in [6.07, 6.45) is 1.80. The van der Waals surface area contributed by atoms with Crippen LogP contribution in [-0.2, 0) is 16.0 Å². The first-order chi connectivity index (χ1) is 10.6. The molecule has 116 valence electrons. The number of benzene rings is 1. The van der Waals surface area contributed by atoms with Crippen molar-refractivity contribution in [3.05, 3.63) is 38.4 Å². The molecular formula is C14H14IN3O3S. The number of hydrogen-bond acceptors (Lipinski definition) is 6. The summed E-state index contributed by atoms with van der Waals surface area (Å²) in [4.78, 5) is 23.6. The maximum absolute atomic E-state index is 11.9. The average molecular weight is 431 g/mol. The molecule has 1 aromatic carbocycles. The highest BCUT2D eigenvalue weighted by molar-refractivity contribution is 14.1. The molecule has 22 heavy (non-hydrogen) atoms. The van der Waals surface area contributed by atoms with E-state index in [-0.39, 0.29) is 6.61 Å². The lowest BCUT2D eigenvalue weighted by Gasteiger charge is -2.05. The molecule has 0 fully saturated rings. The Labute approximate surface area is 145 Å². The van der Waals surface area contributed by atoms with Crippen LogP contribution in [0, 0.1) is 3.57 Å². The number of hydrogen-bond donors (Lipinski definition) is 1. The van der Waals surface area contributed by atoms with Gasteiger partial charge >= 0.3 is 5.97 Å². The summed E-state index contributed by atoms with van der Waals surface area (Å²) in [5.74, 6) is -0.956. The summed E-state index contributed by atoms with van der Waals surface area (Å²) >= 11 is 3.37. The van der Waals surface area contributed by atoms with Gasteiger partial charge < -0.3 is 4.74 Å². The molecule has 0 radical (unpaired) electrons. The van der Waals surface area contributed by atoms with Crippen LogP contribution in [0.25, 0.3) is 0 Å². The van der Waals surface area contributed by atoms with Crippen molar-refractivity contribution >= 4 is 50.9 Å². The van der Waals surface area contributed by atoms with E-state index in [1.54, 1.807) is 18.2 Å². The fourth-order valence-electron chi connectivity index (χ4n) is 1.61. The first kappa shape index (κ1) is 16.8. The van der Waals surface area contributed by atoms with Crippen molar-refractivity contribution in [1.29, 1.82) is 0 Å². The van der Waals surface area contributed by atoms with Gasteiger partial charge in [-0.05, 0) is 41.1 Å². The predicted octanol–water partition coefficient (Wildman–Crippen LogP) is 2.89. The number of carbonyl (C=O) groups excluding carboxylic acids is 2. The maximum Gasteiger partial charge on any atom is 0.339 e. The van der Waals surface area contributed by atoms with Crippen LogP contribution in [-0.4, -0.2) is 28.7 Å². The molecule has 1 heterocycles. The molecule has 0 aliphatic rings. The normalized spacial score (nSPS) is 10.3. The van der Waals surface area contributed by atoms with E-state index in [4.69, 9.17) is 4.74 Å². The molecule has 1 amide bonds. The largest absolute Gasteiger partial charge is 0.452 e. The molecule has 0 unspecified atom stereocenters. The molecule has 0 aliphatic heterocycles. The van der Waals surface area contributed by atoms with Gasteiger partial charge in [0.15, 0.2) is 6.61 Å². The molecule has 0 spiro atoms. The van der Waals surface area contributed by atoms with Gasteiger partial charge in [-0.1, -0.05) is 30.4 Å². The minimum absolute atomic E-state index is 0.355. The van der Waals surface area contributed by atoms with E-state index >= 15 is 0 Å². The van der Waals surface area contributed by atoms with E-state index in [1.807, 2.05) is 35.6 Å². The second-order valence-electron chi connectivity index (χ2n) is 4.36. The van der Waals surface area contributed by atoms with E-state index in [0.29, 0.717) is 10.7 Å². The summed E-state index contributed by atoms with van der Waals surface area (Å²) in [6.45, 7) is 1.69. The molecule has 2 aromatic rings. The van der Waals surface area contributed by atoms with Crippen molar-refractivity contribution in [2.75, 3.05) is 11.9 Å². The SMILES string of the molecule is CCCc1nnc(NC(=O)COC(=O)c2ccccc2I)s1. The van der Waals surface area contributed by atoms with Crippen molar-refractivity contribution in [3.8, 4) is 0 Å². The van der Waals surface area contributed by atoms with Crippen molar-refractivity contribution in [2.45, 2.75) is 19.8 Å². The lowest BCUT2D eigenvalue weighted by molar-refractivity contribution is -0.119. The number of halogens is 1. The molecular weight excluding hydrogens is 417 g/mol. The molecule has 0 saturated carbocycles. The fraction of sp³-hybridized carbons (Fsp3) is 0.286. The Hall–Kier alpha value is -1.55. The Morgan fingerprint density at radius 2 is 2.09 bits per heavy atom. The lowest BCUT2D eigenvalue weighted by atomic mass is 10.2. The van der Waals surface area contributed by atoms with Gasteiger partial charge in [-0.25, -0.2) is 4.79 Å². The molecule has 1 N–H and O–H groups in total. The number of ether oxygens (including phenoxy) is 1. The van der Waals surface area contributed by atoms with Crippen molar-refractivity contribution in [1.82, 2.24) is 10.2 Å². The topological polar surface area (TPSA) is 81.2 Å². The van der Waals surface area contributed by atoms with Gasteiger partial charge in [0.1, 0.15) is 5.01 Å². The first-order valence-electron chi connectivity index (χ1n) is 6.64. The molecule has 0 saturated heterocycles. The molecule has 0 bridgehead atoms. The zero-order valence-electron chi connectivity index (χ0n) is 11.8. The average Bonchev–Trinajstić information content (AvgIpc) is 2.93. The molecule has 1 aromatic heterocycles. The smallest absolute Gasteiger partial charge is 0.339 e. The van der Waals surface area contributed by atoms with E-state index in [1.165, 1.54) is 11.3 Å². The van der Waals surface area contributed by atoms with Gasteiger partial charge in [0.2, 0.25) is 5.13 Å². The van der Waals surface area contributed by atoms with Gasteiger partial charge in [0.05, 0.1) is 5.56 Å². The van der Waals surface area contributed by atoms with E-state index in [2.05, 4.69) is 15.5 Å². The third-order valence-electron chi connectivity index (χ3n) is 2.61. The standard InChI is InChI=1S/C14H14IN3O3S/c1-2-5-12-17-18-14(22-12)16-11(19)8-21-13(20)9-6-3-4-7-10(9)15/h3-4,6-7H,2,5,8H2,1H3,(H,16,18,19). The fourth-order valence-corrected chi connectivity index (χ4v) is 3.08. The van der Waals surface area contributed by atoms with E-state index in [0.717, 1.165) is 21.4 Å². The van der Waals surface area contributed by atoms with Crippen LogP contribution in [0.1, 0.15) is 28.7 Å². The molecule has 8 heteroatoms. The lowest BCUT2D eigenvalue weighted by Crippen LogP contribution is -2.21. The van der Waals surface area contributed by atoms with Crippen LogP contribution in [0.15, 0.2) is 24.3 Å². The quantitative estimate of drug-likeness (QED) is 0.562. The second kappa shape index (κ2) is 8.18. The minimum Gasteiger partial charge on any atom is -0.452 e. The van der Waals surface area contributed by atoms with Crippen LogP contribution in [0.4, 0.5) is 5.13 Å². The summed E-state index contributed by atoms with van der Waals surface area (Å²) < 4.78 is 5.77. The second-order valence-corrected chi connectivity index (χ2v) is 6.58. The Morgan fingerprint density at radius 3 is 2.82 bits per heavy atom. The number of rotatable bonds is 6. The number of nitrogens with zero attached hydrogens (tertiary/aromatic N) is 2. The van der Waals surface area contributed by atoms with E-state index < -0.39 is 11.9 Å². The number of carbonyl (C=O) groups is 2. The third-order valence-corrected chi connectivity index (χ3v) is 4.44. The Kier molecular flexibility index (Phi) is 6.25. The maximum atomic E-state index is 11.9. The van der Waals surface area contributed by atoms with Gasteiger partial charge in [-0.3, -0.25) is 10.1 Å². The van der Waals surface area contributed by atoms with Crippen molar-refractivity contribution in [3.63, 3.8) is 0 Å². The number of anilines is 1. The Bertz CT molecular complexity index is 675. The highest BCUT2D eigenvalue weighted by Crippen LogP contribution is 2.16. The van der Waals surface area contributed by atoms with Crippen molar-refractivity contribution in [2.24, 2.45) is 0 Å². The highest BCUT2D eigenvalue weighted by atomic mass is 127. The molecule has 0 aliphatic carbocycles. The van der Waals surface area contributed by atoms with E-state index in [9.17, 15) is 9.59 Å². The van der Waals surface area contributed by atoms with Gasteiger partial charge in [0.25, 0.3) is 5.91 Å². The first-order valence-corrected chi connectivity index (χ1v) is 8.53. The number of esters is 1. The Balaban J connectivity index is 1.84. The number of nitrogens with one attached hydrogen (secondary N) is 1.